The maximum atomic E-state index is 13.4. The summed E-state index contributed by atoms with van der Waals surface area (Å²) >= 11 is 0. The summed E-state index contributed by atoms with van der Waals surface area (Å²) in [4.78, 5) is 14.9. The minimum absolute atomic E-state index is 0.168. The van der Waals surface area contributed by atoms with Crippen molar-refractivity contribution in [1.29, 1.82) is 0 Å². The third-order valence-corrected chi connectivity index (χ3v) is 7.74. The van der Waals surface area contributed by atoms with Gasteiger partial charge in [-0.3, -0.25) is 4.79 Å². The molecule has 4 heteroatoms. The Balaban J connectivity index is 2.67. The molecule has 1 aromatic carbocycles. The van der Waals surface area contributed by atoms with Crippen molar-refractivity contribution in [2.75, 3.05) is 19.8 Å². The second-order valence-corrected chi connectivity index (χ2v) is 10.8. The molecule has 0 fully saturated rings. The molecular formula is C24H42NO2P. The Labute approximate surface area is 173 Å². The summed E-state index contributed by atoms with van der Waals surface area (Å²) in [6.07, 6.45) is 12.8. The summed E-state index contributed by atoms with van der Waals surface area (Å²) in [6.45, 7) is 9.55. The van der Waals surface area contributed by atoms with Crippen LogP contribution < -0.4 is 5.30 Å². The van der Waals surface area contributed by atoms with E-state index in [1.165, 1.54) is 44.1 Å². The highest BCUT2D eigenvalue weighted by Crippen LogP contribution is 2.43. The SMILES string of the molecule is CCCCCCCCc1ccc(P(C)(=O)C(=O)N(CCCC)CCCC)cc1. The normalized spacial score (nSPS) is 13.3. The quantitative estimate of drug-likeness (QED) is 0.227. The molecule has 0 aliphatic rings. The number of carbonyl (C=O) groups excluding carboxylic acids is 1. The van der Waals surface area contributed by atoms with Crippen LogP contribution in [0.5, 0.6) is 0 Å². The highest BCUT2D eigenvalue weighted by molar-refractivity contribution is 7.86. The van der Waals surface area contributed by atoms with Crippen LogP contribution >= 0.6 is 7.14 Å². The van der Waals surface area contributed by atoms with E-state index in [9.17, 15) is 9.36 Å². The Morgan fingerprint density at radius 3 is 1.82 bits per heavy atom. The Morgan fingerprint density at radius 2 is 1.29 bits per heavy atom. The first kappa shape index (κ1) is 25.0. The smallest absolute Gasteiger partial charge is 0.285 e. The lowest BCUT2D eigenvalue weighted by Gasteiger charge is -2.26. The Hall–Kier alpha value is -1.08. The van der Waals surface area contributed by atoms with Crippen molar-refractivity contribution in [2.24, 2.45) is 0 Å². The highest BCUT2D eigenvalue weighted by Gasteiger charge is 2.32. The summed E-state index contributed by atoms with van der Waals surface area (Å²) in [5.74, 6) is 0. The molecule has 1 unspecified atom stereocenters. The van der Waals surface area contributed by atoms with Crippen LogP contribution in [0, 0.1) is 0 Å². The van der Waals surface area contributed by atoms with Gasteiger partial charge in [0, 0.05) is 25.1 Å². The van der Waals surface area contributed by atoms with Crippen molar-refractivity contribution in [1.82, 2.24) is 4.90 Å². The fourth-order valence-corrected chi connectivity index (χ4v) is 5.12. The molecule has 1 amide bonds. The lowest BCUT2D eigenvalue weighted by atomic mass is 10.1. The molecule has 160 valence electrons. The molecule has 1 atom stereocenters. The number of benzene rings is 1. The minimum atomic E-state index is -3.05. The summed E-state index contributed by atoms with van der Waals surface area (Å²) in [6, 6.07) is 7.96. The second-order valence-electron chi connectivity index (χ2n) is 8.09. The first-order valence-corrected chi connectivity index (χ1v) is 13.6. The number of amides is 1. The lowest BCUT2D eigenvalue weighted by Crippen LogP contribution is -2.33. The van der Waals surface area contributed by atoms with E-state index >= 15 is 0 Å². The molecule has 28 heavy (non-hydrogen) atoms. The first-order chi connectivity index (χ1) is 13.5. The van der Waals surface area contributed by atoms with E-state index in [0.717, 1.165) is 32.1 Å². The molecule has 0 N–H and O–H groups in total. The topological polar surface area (TPSA) is 37.4 Å². The maximum absolute atomic E-state index is 13.4. The minimum Gasteiger partial charge on any atom is -0.336 e. The molecule has 1 aromatic rings. The van der Waals surface area contributed by atoms with Gasteiger partial charge in [-0.15, -0.1) is 0 Å². The predicted molar refractivity (Wildman–Crippen MR) is 123 cm³/mol. The number of hydrogen-bond acceptors (Lipinski definition) is 2. The molecule has 0 spiro atoms. The van der Waals surface area contributed by atoms with Gasteiger partial charge in [0.15, 0.2) is 7.14 Å². The molecule has 0 saturated carbocycles. The van der Waals surface area contributed by atoms with E-state index in [-0.39, 0.29) is 5.65 Å². The molecule has 1 rings (SSSR count). The van der Waals surface area contributed by atoms with Crippen LogP contribution in [0.4, 0.5) is 4.79 Å². The second kappa shape index (κ2) is 14.0. The largest absolute Gasteiger partial charge is 0.336 e. The Kier molecular flexibility index (Phi) is 12.5. The summed E-state index contributed by atoms with van der Waals surface area (Å²) < 4.78 is 13.4. The molecule has 0 aliphatic heterocycles. The number of hydrogen-bond donors (Lipinski definition) is 0. The van der Waals surface area contributed by atoms with Gasteiger partial charge in [0.25, 0.3) is 5.65 Å². The molecule has 0 bridgehead atoms. The molecule has 0 saturated heterocycles. The standard InChI is InChI=1S/C24H42NO2P/c1-5-8-11-12-13-14-15-22-16-18-23(19-17-22)28(4,27)24(26)25(20-9-6-2)21-10-7-3/h16-19H,5-15,20-21H2,1-4H3. The van der Waals surface area contributed by atoms with E-state index in [1.807, 2.05) is 17.0 Å². The highest BCUT2D eigenvalue weighted by atomic mass is 31.2. The number of aryl methyl sites for hydroxylation is 1. The zero-order valence-electron chi connectivity index (χ0n) is 18.7. The van der Waals surface area contributed by atoms with E-state index in [4.69, 9.17) is 0 Å². The maximum Gasteiger partial charge on any atom is 0.285 e. The fourth-order valence-electron chi connectivity index (χ4n) is 3.44. The molecular weight excluding hydrogens is 365 g/mol. The van der Waals surface area contributed by atoms with Crippen molar-refractivity contribution in [3.8, 4) is 0 Å². The third kappa shape index (κ3) is 8.52. The van der Waals surface area contributed by atoms with Crippen LogP contribution in [0.15, 0.2) is 24.3 Å². The predicted octanol–water partition coefficient (Wildman–Crippen LogP) is 7.23. The van der Waals surface area contributed by atoms with Crippen LogP contribution in [-0.4, -0.2) is 30.3 Å². The van der Waals surface area contributed by atoms with E-state index in [2.05, 4.69) is 32.9 Å². The van der Waals surface area contributed by atoms with Crippen molar-refractivity contribution in [3.63, 3.8) is 0 Å². The number of carbonyl (C=O) groups is 1. The van der Waals surface area contributed by atoms with Crippen LogP contribution in [-0.2, 0) is 11.0 Å². The zero-order chi connectivity index (χ0) is 20.8. The lowest BCUT2D eigenvalue weighted by molar-refractivity contribution is 0.218. The van der Waals surface area contributed by atoms with E-state index in [1.54, 1.807) is 6.66 Å². The average Bonchev–Trinajstić information content (AvgIpc) is 2.70. The van der Waals surface area contributed by atoms with Gasteiger partial charge in [-0.2, -0.15) is 0 Å². The van der Waals surface area contributed by atoms with Crippen molar-refractivity contribution < 1.29 is 9.36 Å². The van der Waals surface area contributed by atoms with Crippen LogP contribution in [0.1, 0.15) is 90.5 Å². The molecule has 0 aromatic heterocycles. The summed E-state index contributed by atoms with van der Waals surface area (Å²) in [7, 11) is -3.05. The van der Waals surface area contributed by atoms with Crippen LogP contribution in [0.3, 0.4) is 0 Å². The van der Waals surface area contributed by atoms with Gasteiger partial charge in [0.05, 0.1) is 0 Å². The first-order valence-electron chi connectivity index (χ1n) is 11.4. The van der Waals surface area contributed by atoms with Gasteiger partial charge >= 0.3 is 0 Å². The van der Waals surface area contributed by atoms with Crippen molar-refractivity contribution >= 4 is 18.1 Å². The van der Waals surface area contributed by atoms with Gasteiger partial charge in [0.1, 0.15) is 0 Å². The van der Waals surface area contributed by atoms with E-state index in [0.29, 0.717) is 18.4 Å². The van der Waals surface area contributed by atoms with Gasteiger partial charge in [-0.05, 0) is 31.2 Å². The summed E-state index contributed by atoms with van der Waals surface area (Å²) in [5.41, 5.74) is 1.11. The molecule has 0 aliphatic carbocycles. The average molecular weight is 408 g/mol. The van der Waals surface area contributed by atoms with Crippen molar-refractivity contribution in [3.05, 3.63) is 29.8 Å². The van der Waals surface area contributed by atoms with Gasteiger partial charge in [0.2, 0.25) is 0 Å². The van der Waals surface area contributed by atoms with Gasteiger partial charge in [-0.25, -0.2) is 0 Å². The fraction of sp³-hybridized carbons (Fsp3) is 0.708. The zero-order valence-corrected chi connectivity index (χ0v) is 19.6. The molecule has 3 nitrogen and oxygen atoms in total. The van der Waals surface area contributed by atoms with Crippen LogP contribution in [0.25, 0.3) is 0 Å². The molecule has 0 radical (unpaired) electrons. The van der Waals surface area contributed by atoms with Gasteiger partial charge < -0.3 is 9.46 Å². The third-order valence-electron chi connectivity index (χ3n) is 5.45. The number of unbranched alkanes of at least 4 members (excludes halogenated alkanes) is 7. The number of rotatable bonds is 15. The number of nitrogens with zero attached hydrogens (tertiary/aromatic N) is 1. The van der Waals surface area contributed by atoms with Gasteiger partial charge in [-0.1, -0.05) is 90.0 Å². The van der Waals surface area contributed by atoms with Crippen LogP contribution in [0.2, 0.25) is 0 Å². The Morgan fingerprint density at radius 1 is 0.786 bits per heavy atom. The van der Waals surface area contributed by atoms with Crippen molar-refractivity contribution in [2.45, 2.75) is 91.4 Å². The summed E-state index contributed by atoms with van der Waals surface area (Å²) in [5, 5.41) is 0.696. The molecule has 0 heterocycles. The van der Waals surface area contributed by atoms with E-state index < -0.39 is 7.14 Å². The Bertz CT molecular complexity index is 589. The monoisotopic (exact) mass is 407 g/mol.